The Bertz CT molecular complexity index is 911. The zero-order valence-corrected chi connectivity index (χ0v) is 16.3. The smallest absolute Gasteiger partial charge is 0.325 e. The summed E-state index contributed by atoms with van der Waals surface area (Å²) in [5, 5.41) is 3.78. The molecule has 2 aliphatic rings. The van der Waals surface area contributed by atoms with Crippen molar-refractivity contribution >= 4 is 28.7 Å². The van der Waals surface area contributed by atoms with Crippen molar-refractivity contribution in [2.75, 3.05) is 6.54 Å². The number of rotatable bonds is 4. The molecule has 0 unspecified atom stereocenters. The number of nitrogens with one attached hydrogen (secondary N) is 2. The normalized spacial score (nSPS) is 25.4. The van der Waals surface area contributed by atoms with Gasteiger partial charge in [-0.05, 0) is 44.7 Å². The third-order valence-corrected chi connectivity index (χ3v) is 5.98. The summed E-state index contributed by atoms with van der Waals surface area (Å²) >= 11 is 0. The number of amides is 4. The maximum absolute atomic E-state index is 12.8. The van der Waals surface area contributed by atoms with Gasteiger partial charge in [0, 0.05) is 35.6 Å². The van der Waals surface area contributed by atoms with Crippen LogP contribution in [0.1, 0.15) is 38.7 Å². The van der Waals surface area contributed by atoms with Crippen molar-refractivity contribution in [3.05, 3.63) is 36.0 Å². The molecule has 28 heavy (non-hydrogen) atoms. The summed E-state index contributed by atoms with van der Waals surface area (Å²) in [6.45, 7) is 3.86. The van der Waals surface area contributed by atoms with Crippen LogP contribution in [0.3, 0.4) is 0 Å². The molecular formula is C21H26N4O3. The van der Waals surface area contributed by atoms with E-state index in [2.05, 4.69) is 10.3 Å². The minimum atomic E-state index is -0.643. The first-order valence-electron chi connectivity index (χ1n) is 9.93. The van der Waals surface area contributed by atoms with E-state index in [1.54, 1.807) is 0 Å². The number of H-pyrrole nitrogens is 1. The molecule has 0 saturated carbocycles. The Hall–Kier alpha value is -2.83. The van der Waals surface area contributed by atoms with E-state index >= 15 is 0 Å². The Morgan fingerprint density at radius 3 is 2.61 bits per heavy atom. The number of carbonyl (C=O) groups is 3. The van der Waals surface area contributed by atoms with Crippen molar-refractivity contribution in [1.29, 1.82) is 0 Å². The van der Waals surface area contributed by atoms with Crippen molar-refractivity contribution in [3.63, 3.8) is 0 Å². The van der Waals surface area contributed by atoms with Crippen molar-refractivity contribution < 1.29 is 14.4 Å². The van der Waals surface area contributed by atoms with Crippen LogP contribution < -0.4 is 5.32 Å². The van der Waals surface area contributed by atoms with Crippen LogP contribution in [-0.4, -0.2) is 57.3 Å². The fourth-order valence-corrected chi connectivity index (χ4v) is 4.52. The van der Waals surface area contributed by atoms with Crippen molar-refractivity contribution in [2.45, 2.75) is 57.7 Å². The topological polar surface area (TPSA) is 85.5 Å². The zero-order chi connectivity index (χ0) is 19.8. The molecule has 148 valence electrons. The maximum atomic E-state index is 12.8. The van der Waals surface area contributed by atoms with Gasteiger partial charge in [-0.15, -0.1) is 0 Å². The summed E-state index contributed by atoms with van der Waals surface area (Å²) in [5.41, 5.74) is 1.97. The third kappa shape index (κ3) is 3.25. The molecule has 3 heterocycles. The third-order valence-electron chi connectivity index (χ3n) is 5.98. The number of nitrogens with zero attached hydrogens (tertiary/aromatic N) is 2. The standard InChI is InChI=1S/C21H26N4O3/c1-13-6-5-7-14(2)25(13)19(26)12-24-20(27)18(23-21(24)28)10-15-11-22-17-9-4-3-8-16(15)17/h3-4,8-9,11,13-14,18,22H,5-7,10,12H2,1-2H3,(H,23,28)/t13-,14+,18-/m1/s1. The quantitative estimate of drug-likeness (QED) is 0.797. The molecule has 7 nitrogen and oxygen atoms in total. The lowest BCUT2D eigenvalue weighted by Gasteiger charge is -2.39. The number of benzene rings is 1. The summed E-state index contributed by atoms with van der Waals surface area (Å²) in [4.78, 5) is 44.1. The number of aromatic amines is 1. The Kier molecular flexibility index (Phi) is 4.83. The molecule has 0 aliphatic carbocycles. The first-order valence-corrected chi connectivity index (χ1v) is 9.93. The molecule has 2 aliphatic heterocycles. The van der Waals surface area contributed by atoms with Gasteiger partial charge in [0.25, 0.3) is 5.91 Å². The highest BCUT2D eigenvalue weighted by Gasteiger charge is 2.41. The van der Waals surface area contributed by atoms with Gasteiger partial charge in [0.2, 0.25) is 5.91 Å². The molecule has 1 aromatic heterocycles. The van der Waals surface area contributed by atoms with Crippen molar-refractivity contribution in [1.82, 2.24) is 20.1 Å². The predicted octanol–water partition coefficient (Wildman–Crippen LogP) is 2.42. The van der Waals surface area contributed by atoms with Gasteiger partial charge >= 0.3 is 6.03 Å². The van der Waals surface area contributed by atoms with Crippen LogP contribution >= 0.6 is 0 Å². The Morgan fingerprint density at radius 1 is 1.14 bits per heavy atom. The fourth-order valence-electron chi connectivity index (χ4n) is 4.52. The molecular weight excluding hydrogens is 356 g/mol. The number of urea groups is 1. The summed E-state index contributed by atoms with van der Waals surface area (Å²) < 4.78 is 0. The molecule has 0 radical (unpaired) electrons. The lowest BCUT2D eigenvalue weighted by Crippen LogP contribution is -2.52. The molecule has 2 N–H and O–H groups in total. The average Bonchev–Trinajstić information content (AvgIpc) is 3.18. The second-order valence-electron chi connectivity index (χ2n) is 7.92. The number of hydrogen-bond donors (Lipinski definition) is 2. The zero-order valence-electron chi connectivity index (χ0n) is 16.3. The monoisotopic (exact) mass is 382 g/mol. The number of aromatic nitrogens is 1. The van der Waals surface area contributed by atoms with Crippen LogP contribution in [0, 0.1) is 0 Å². The number of likely N-dealkylation sites (tertiary alicyclic amines) is 1. The Morgan fingerprint density at radius 2 is 1.86 bits per heavy atom. The first kappa shape index (κ1) is 18.5. The molecule has 3 atom stereocenters. The Labute approximate surface area is 164 Å². The highest BCUT2D eigenvalue weighted by molar-refractivity contribution is 6.06. The van der Waals surface area contributed by atoms with E-state index < -0.39 is 12.1 Å². The molecule has 7 heteroatoms. The molecule has 0 bridgehead atoms. The number of para-hydroxylation sites is 1. The lowest BCUT2D eigenvalue weighted by molar-refractivity contribution is -0.141. The number of fused-ring (bicyclic) bond motifs is 1. The summed E-state index contributed by atoms with van der Waals surface area (Å²) in [5.74, 6) is -0.489. The van der Waals surface area contributed by atoms with E-state index in [-0.39, 0.29) is 30.4 Å². The van der Waals surface area contributed by atoms with Gasteiger partial charge in [-0.1, -0.05) is 18.2 Å². The number of imide groups is 1. The summed E-state index contributed by atoms with van der Waals surface area (Å²) in [6.07, 6.45) is 5.28. The number of carbonyl (C=O) groups excluding carboxylic acids is 3. The van der Waals surface area contributed by atoms with Crippen LogP contribution in [0.25, 0.3) is 10.9 Å². The van der Waals surface area contributed by atoms with Crippen LogP contribution in [0.2, 0.25) is 0 Å². The molecule has 4 amide bonds. The van der Waals surface area contributed by atoms with E-state index in [0.717, 1.165) is 40.6 Å². The van der Waals surface area contributed by atoms with Crippen LogP contribution in [0.5, 0.6) is 0 Å². The molecule has 4 rings (SSSR count). The van der Waals surface area contributed by atoms with Crippen molar-refractivity contribution in [3.8, 4) is 0 Å². The van der Waals surface area contributed by atoms with Crippen LogP contribution in [-0.2, 0) is 16.0 Å². The average molecular weight is 382 g/mol. The van der Waals surface area contributed by atoms with Crippen molar-refractivity contribution in [2.24, 2.45) is 0 Å². The second kappa shape index (κ2) is 7.30. The minimum absolute atomic E-state index is 0.138. The minimum Gasteiger partial charge on any atom is -0.361 e. The van der Waals surface area contributed by atoms with Gasteiger partial charge in [-0.2, -0.15) is 0 Å². The second-order valence-corrected chi connectivity index (χ2v) is 7.92. The maximum Gasteiger partial charge on any atom is 0.325 e. The van der Waals surface area contributed by atoms with Gasteiger partial charge < -0.3 is 15.2 Å². The molecule has 2 saturated heterocycles. The predicted molar refractivity (Wildman–Crippen MR) is 106 cm³/mol. The first-order chi connectivity index (χ1) is 13.5. The summed E-state index contributed by atoms with van der Waals surface area (Å²) in [6, 6.07) is 7.00. The largest absolute Gasteiger partial charge is 0.361 e. The Balaban J connectivity index is 1.46. The van der Waals surface area contributed by atoms with E-state index in [9.17, 15) is 14.4 Å². The van der Waals surface area contributed by atoms with Gasteiger partial charge in [0.1, 0.15) is 12.6 Å². The van der Waals surface area contributed by atoms with E-state index in [1.807, 2.05) is 49.2 Å². The van der Waals surface area contributed by atoms with E-state index in [1.165, 1.54) is 0 Å². The van der Waals surface area contributed by atoms with E-state index in [0.29, 0.717) is 6.42 Å². The fraction of sp³-hybridized carbons (Fsp3) is 0.476. The number of piperidine rings is 1. The molecule has 2 aromatic rings. The molecule has 0 spiro atoms. The highest BCUT2D eigenvalue weighted by Crippen LogP contribution is 2.24. The lowest BCUT2D eigenvalue weighted by atomic mass is 9.97. The van der Waals surface area contributed by atoms with Gasteiger partial charge in [-0.25, -0.2) is 4.79 Å². The van der Waals surface area contributed by atoms with Gasteiger partial charge in [-0.3, -0.25) is 14.5 Å². The van der Waals surface area contributed by atoms with Gasteiger partial charge in [0.15, 0.2) is 0 Å². The van der Waals surface area contributed by atoms with Gasteiger partial charge in [0.05, 0.1) is 0 Å². The number of hydrogen-bond acceptors (Lipinski definition) is 3. The molecule has 2 fully saturated rings. The SMILES string of the molecule is C[C@@H]1CCC[C@H](C)N1C(=O)CN1C(=O)N[C@H](Cc2c[nH]c3ccccc23)C1=O. The van der Waals surface area contributed by atoms with Crippen LogP contribution in [0.4, 0.5) is 4.79 Å². The van der Waals surface area contributed by atoms with E-state index in [4.69, 9.17) is 0 Å². The molecule has 1 aromatic carbocycles. The summed E-state index contributed by atoms with van der Waals surface area (Å²) in [7, 11) is 0. The highest BCUT2D eigenvalue weighted by atomic mass is 16.2. The van der Waals surface area contributed by atoms with Crippen LogP contribution in [0.15, 0.2) is 30.5 Å².